The summed E-state index contributed by atoms with van der Waals surface area (Å²) < 4.78 is 9.16. The van der Waals surface area contributed by atoms with Crippen molar-refractivity contribution in [2.45, 2.75) is 20.4 Å². The molecule has 0 aliphatic carbocycles. The lowest BCUT2D eigenvalue weighted by Gasteiger charge is -2.08. The second-order valence-electron chi connectivity index (χ2n) is 6.31. The van der Waals surface area contributed by atoms with E-state index in [4.69, 9.17) is 10.5 Å². The highest BCUT2D eigenvalue weighted by Gasteiger charge is 2.14. The first-order chi connectivity index (χ1) is 12.6. The number of nitrogens with two attached hydrogens (primary N) is 1. The van der Waals surface area contributed by atoms with Crippen LogP contribution in [0, 0.1) is 6.92 Å². The molecule has 132 valence electrons. The average molecular weight is 348 g/mol. The molecule has 6 nitrogen and oxygen atoms in total. The summed E-state index contributed by atoms with van der Waals surface area (Å²) >= 11 is 0. The molecule has 2 aromatic carbocycles. The van der Waals surface area contributed by atoms with E-state index >= 15 is 0 Å². The summed E-state index contributed by atoms with van der Waals surface area (Å²) in [6.07, 6.45) is 0. The molecule has 2 N–H and O–H groups in total. The number of carbonyl (C=O) groups is 1. The van der Waals surface area contributed by atoms with E-state index < -0.39 is 0 Å². The van der Waals surface area contributed by atoms with Crippen molar-refractivity contribution in [3.05, 3.63) is 65.4 Å². The average Bonchev–Trinajstić information content (AvgIpc) is 3.12. The van der Waals surface area contributed by atoms with Crippen LogP contribution in [0.5, 0.6) is 0 Å². The van der Waals surface area contributed by atoms with Crippen molar-refractivity contribution in [2.24, 2.45) is 0 Å². The molecule has 0 aliphatic heterocycles. The van der Waals surface area contributed by atoms with Gasteiger partial charge in [-0.15, -0.1) is 0 Å². The zero-order chi connectivity index (χ0) is 18.3. The van der Waals surface area contributed by atoms with Crippen molar-refractivity contribution in [3.8, 4) is 0 Å². The monoisotopic (exact) mass is 348 g/mol. The van der Waals surface area contributed by atoms with Crippen molar-refractivity contribution >= 4 is 28.3 Å². The molecule has 0 bridgehead atoms. The molecule has 0 aliphatic rings. The number of carbonyl (C=O) groups excluding carboxylic acids is 1. The summed E-state index contributed by atoms with van der Waals surface area (Å²) in [7, 11) is 0. The Bertz CT molecular complexity index is 1110. The Balaban J connectivity index is 1.76. The molecule has 2 heterocycles. The number of fused-ring (bicyclic) bond motifs is 3. The van der Waals surface area contributed by atoms with Crippen LogP contribution in [0.15, 0.2) is 48.5 Å². The molecular weight excluding hydrogens is 328 g/mol. The predicted molar refractivity (Wildman–Crippen MR) is 101 cm³/mol. The third-order valence-corrected chi connectivity index (χ3v) is 4.41. The highest BCUT2D eigenvalue weighted by molar-refractivity contribution is 5.89. The van der Waals surface area contributed by atoms with Crippen LogP contribution in [0.4, 0.5) is 5.69 Å². The molecule has 4 aromatic rings. The van der Waals surface area contributed by atoms with Crippen LogP contribution in [0.1, 0.15) is 28.5 Å². The molecule has 4 rings (SSSR count). The summed E-state index contributed by atoms with van der Waals surface area (Å²) in [4.78, 5) is 11.8. The lowest BCUT2D eigenvalue weighted by atomic mass is 10.1. The highest BCUT2D eigenvalue weighted by atomic mass is 16.5. The van der Waals surface area contributed by atoms with Gasteiger partial charge in [0.05, 0.1) is 28.9 Å². The summed E-state index contributed by atoms with van der Waals surface area (Å²) in [5.41, 5.74) is 12.4. The zero-order valence-electron chi connectivity index (χ0n) is 14.8. The van der Waals surface area contributed by atoms with E-state index in [1.54, 1.807) is 19.1 Å². The van der Waals surface area contributed by atoms with Gasteiger partial charge < -0.3 is 15.0 Å². The maximum atomic E-state index is 11.8. The quantitative estimate of drug-likeness (QED) is 0.453. The third kappa shape index (κ3) is 2.69. The third-order valence-electron chi connectivity index (χ3n) is 4.41. The fraction of sp³-hybridized carbons (Fsp3) is 0.200. The first kappa shape index (κ1) is 16.2. The molecule has 2 aromatic heterocycles. The van der Waals surface area contributed by atoms with E-state index in [1.165, 1.54) is 0 Å². The van der Waals surface area contributed by atoms with Gasteiger partial charge in [-0.3, -0.25) is 0 Å². The van der Waals surface area contributed by atoms with Crippen LogP contribution in [-0.2, 0) is 11.3 Å². The maximum absolute atomic E-state index is 11.8. The van der Waals surface area contributed by atoms with Gasteiger partial charge in [0.25, 0.3) is 0 Å². The van der Waals surface area contributed by atoms with Crippen LogP contribution in [-0.4, -0.2) is 26.8 Å². The fourth-order valence-corrected chi connectivity index (χ4v) is 3.22. The van der Waals surface area contributed by atoms with Gasteiger partial charge in [-0.1, -0.05) is 12.1 Å². The first-order valence-corrected chi connectivity index (χ1v) is 8.57. The van der Waals surface area contributed by atoms with Crippen LogP contribution in [0.2, 0.25) is 0 Å². The Hall–Kier alpha value is -3.28. The molecule has 0 spiro atoms. The van der Waals surface area contributed by atoms with Crippen LogP contribution in [0.25, 0.3) is 16.7 Å². The summed E-state index contributed by atoms with van der Waals surface area (Å²) in [6, 6.07) is 15.4. The molecule has 0 saturated heterocycles. The smallest absolute Gasteiger partial charge is 0.338 e. The van der Waals surface area contributed by atoms with Crippen LogP contribution < -0.4 is 5.73 Å². The van der Waals surface area contributed by atoms with Gasteiger partial charge in [0.2, 0.25) is 0 Å². The number of nitrogens with zero attached hydrogens (tertiary/aromatic N) is 3. The molecule has 0 radical (unpaired) electrons. The van der Waals surface area contributed by atoms with Crippen LogP contribution in [0.3, 0.4) is 0 Å². The van der Waals surface area contributed by atoms with Gasteiger partial charge >= 0.3 is 5.97 Å². The van der Waals surface area contributed by atoms with E-state index in [0.29, 0.717) is 24.4 Å². The van der Waals surface area contributed by atoms with Gasteiger partial charge in [-0.05, 0) is 49.7 Å². The molecule has 0 fully saturated rings. The number of hydrogen-bond donors (Lipinski definition) is 1. The van der Waals surface area contributed by atoms with E-state index in [9.17, 15) is 4.79 Å². The molecule has 0 amide bonds. The topological polar surface area (TPSA) is 74.5 Å². The number of rotatable bonds is 4. The Kier molecular flexibility index (Phi) is 3.88. The second kappa shape index (κ2) is 6.22. The van der Waals surface area contributed by atoms with Crippen molar-refractivity contribution < 1.29 is 9.53 Å². The number of aryl methyl sites for hydroxylation is 1. The van der Waals surface area contributed by atoms with Crippen molar-refractivity contribution in [1.29, 1.82) is 0 Å². The SMILES string of the molecule is CCOC(=O)c1ccc(Cn2c3cc(N)ccc3n3nc(C)cc23)cc1. The zero-order valence-corrected chi connectivity index (χ0v) is 14.8. The second-order valence-corrected chi connectivity index (χ2v) is 6.31. The minimum atomic E-state index is -0.299. The Morgan fingerprint density at radius 1 is 1.12 bits per heavy atom. The predicted octanol–water partition coefficient (Wildman–Crippen LogP) is 3.40. The number of benzene rings is 2. The van der Waals surface area contributed by atoms with E-state index in [0.717, 1.165) is 27.9 Å². The lowest BCUT2D eigenvalue weighted by molar-refractivity contribution is 0.0526. The van der Waals surface area contributed by atoms with Crippen LogP contribution >= 0.6 is 0 Å². The normalized spacial score (nSPS) is 11.3. The summed E-state index contributed by atoms with van der Waals surface area (Å²) in [5, 5.41) is 4.58. The molecule has 26 heavy (non-hydrogen) atoms. The molecule has 0 unspecified atom stereocenters. The molecular formula is C20H20N4O2. The minimum absolute atomic E-state index is 0.299. The largest absolute Gasteiger partial charge is 0.462 e. The number of aromatic nitrogens is 3. The molecule has 0 atom stereocenters. The van der Waals surface area contributed by atoms with Gasteiger partial charge in [0.15, 0.2) is 0 Å². The van der Waals surface area contributed by atoms with Crippen molar-refractivity contribution in [2.75, 3.05) is 12.3 Å². The number of esters is 1. The Morgan fingerprint density at radius 3 is 2.62 bits per heavy atom. The van der Waals surface area contributed by atoms with Gasteiger partial charge in [0.1, 0.15) is 5.65 Å². The number of ether oxygens (including phenoxy) is 1. The van der Waals surface area contributed by atoms with Gasteiger partial charge in [-0.2, -0.15) is 5.10 Å². The summed E-state index contributed by atoms with van der Waals surface area (Å²) in [5.74, 6) is -0.299. The van der Waals surface area contributed by atoms with E-state index in [-0.39, 0.29) is 5.97 Å². The summed E-state index contributed by atoms with van der Waals surface area (Å²) in [6.45, 7) is 4.81. The van der Waals surface area contributed by atoms with Crippen molar-refractivity contribution in [1.82, 2.24) is 14.2 Å². The van der Waals surface area contributed by atoms with Crippen molar-refractivity contribution in [3.63, 3.8) is 0 Å². The van der Waals surface area contributed by atoms with E-state index in [1.807, 2.05) is 41.8 Å². The lowest BCUT2D eigenvalue weighted by Crippen LogP contribution is -2.05. The number of anilines is 1. The van der Waals surface area contributed by atoms with E-state index in [2.05, 4.69) is 15.7 Å². The molecule has 0 saturated carbocycles. The molecule has 6 heteroatoms. The van der Waals surface area contributed by atoms with Gasteiger partial charge in [-0.25, -0.2) is 9.31 Å². The number of nitrogen functional groups attached to an aromatic ring is 1. The maximum Gasteiger partial charge on any atom is 0.338 e. The minimum Gasteiger partial charge on any atom is -0.462 e. The van der Waals surface area contributed by atoms with Gasteiger partial charge in [0, 0.05) is 18.3 Å². The Morgan fingerprint density at radius 2 is 1.88 bits per heavy atom. The first-order valence-electron chi connectivity index (χ1n) is 8.57. The highest BCUT2D eigenvalue weighted by Crippen LogP contribution is 2.25. The number of hydrogen-bond acceptors (Lipinski definition) is 4. The Labute approximate surface area is 150 Å². The fourth-order valence-electron chi connectivity index (χ4n) is 3.22. The number of imidazole rings is 1. The standard InChI is InChI=1S/C20H20N4O2/c1-3-26-20(25)15-6-4-14(5-7-15)12-23-18-11-16(21)8-9-17(18)24-19(23)10-13(2)22-24/h4-11H,3,12,21H2,1-2H3.